The predicted octanol–water partition coefficient (Wildman–Crippen LogP) is 22.7. The number of phosphoric ester groups is 2. The number of phosphoric acid groups is 2. The zero-order valence-electron chi connectivity index (χ0n) is 62.5. The fourth-order valence-corrected chi connectivity index (χ4v) is 12.4. The van der Waals surface area contributed by atoms with E-state index in [-0.39, 0.29) is 25.7 Å². The van der Waals surface area contributed by atoms with E-state index in [9.17, 15) is 43.2 Å². The Kier molecular flexibility index (Phi) is 69.7. The van der Waals surface area contributed by atoms with Crippen LogP contribution in [-0.2, 0) is 65.4 Å². The van der Waals surface area contributed by atoms with Crippen molar-refractivity contribution in [1.29, 1.82) is 0 Å². The van der Waals surface area contributed by atoms with Crippen LogP contribution in [0.3, 0.4) is 0 Å². The fraction of sp³-hybridized carbons (Fsp3) is 0.823. The third-order valence-corrected chi connectivity index (χ3v) is 18.9. The van der Waals surface area contributed by atoms with E-state index in [1.54, 1.807) is 0 Å². The average Bonchev–Trinajstić information content (AvgIpc) is 1.04. The van der Waals surface area contributed by atoms with E-state index in [2.05, 4.69) is 88.5 Å². The standard InChI is InChI=1S/C79H144O17P2/c1-5-9-13-17-21-25-29-33-36-40-43-47-51-55-59-63-76(81)89-69-74(95-78(83)65-61-57-53-49-45-39-32-28-24-20-16-12-8-4)71-93-97(85,86)91-67-73(80)68-92-98(87,88)94-72-75(96-79(84)66-62-58-54-50-46-42-38-35-31-27-23-19-15-11-7-3)70-90-77(82)64-60-56-52-48-44-41-37-34-30-26-22-18-14-10-6-2/h22-23,25-27,29,34-35,37-38,73-75,80H,5-21,24,28,30-33,36,39-72H2,1-4H3,(H,85,86)(H,87,88)/t73?,74-,75-/m1/s1. The Balaban J connectivity index is 5.34. The molecular formula is C79H144O17P2. The number of unbranched alkanes of at least 4 members (excludes halogenated alkanes) is 39. The summed E-state index contributed by atoms with van der Waals surface area (Å²) < 4.78 is 68.5. The molecule has 572 valence electrons. The fourth-order valence-electron chi connectivity index (χ4n) is 10.9. The summed E-state index contributed by atoms with van der Waals surface area (Å²) in [4.78, 5) is 72.9. The van der Waals surface area contributed by atoms with Crippen LogP contribution in [0.4, 0.5) is 0 Å². The number of carbonyl (C=O) groups excluding carboxylic acids is 4. The average molecular weight is 1430 g/mol. The van der Waals surface area contributed by atoms with Crippen LogP contribution < -0.4 is 0 Å². The lowest BCUT2D eigenvalue weighted by atomic mass is 10.0. The van der Waals surface area contributed by atoms with Crippen LogP contribution in [0.15, 0.2) is 60.8 Å². The van der Waals surface area contributed by atoms with Gasteiger partial charge in [0.05, 0.1) is 26.4 Å². The lowest BCUT2D eigenvalue weighted by Crippen LogP contribution is -2.30. The molecule has 0 amide bonds. The van der Waals surface area contributed by atoms with Gasteiger partial charge in [0.25, 0.3) is 0 Å². The van der Waals surface area contributed by atoms with Crippen LogP contribution in [0.2, 0.25) is 0 Å². The molecular weight excluding hydrogens is 1280 g/mol. The molecule has 0 heterocycles. The monoisotopic (exact) mass is 1430 g/mol. The highest BCUT2D eigenvalue weighted by atomic mass is 31.2. The van der Waals surface area contributed by atoms with Crippen molar-refractivity contribution in [2.45, 2.75) is 380 Å². The number of aliphatic hydroxyl groups is 1. The molecule has 0 aliphatic carbocycles. The van der Waals surface area contributed by atoms with Crippen LogP contribution in [0.5, 0.6) is 0 Å². The molecule has 3 N–H and O–H groups in total. The summed E-state index contributed by atoms with van der Waals surface area (Å²) in [6, 6.07) is 0. The number of hydrogen-bond acceptors (Lipinski definition) is 15. The van der Waals surface area contributed by atoms with Crippen molar-refractivity contribution >= 4 is 39.5 Å². The molecule has 3 unspecified atom stereocenters. The zero-order chi connectivity index (χ0) is 71.8. The summed E-state index contributed by atoms with van der Waals surface area (Å²) in [6.45, 7) is 4.84. The molecule has 0 bridgehead atoms. The minimum Gasteiger partial charge on any atom is -0.462 e. The van der Waals surface area contributed by atoms with E-state index in [0.717, 1.165) is 154 Å². The van der Waals surface area contributed by atoms with Crippen LogP contribution in [-0.4, -0.2) is 96.7 Å². The van der Waals surface area contributed by atoms with Gasteiger partial charge in [0.1, 0.15) is 19.3 Å². The molecule has 19 heteroatoms. The van der Waals surface area contributed by atoms with Gasteiger partial charge in [-0.1, -0.05) is 281 Å². The summed E-state index contributed by atoms with van der Waals surface area (Å²) >= 11 is 0. The van der Waals surface area contributed by atoms with Gasteiger partial charge in [0, 0.05) is 25.7 Å². The zero-order valence-corrected chi connectivity index (χ0v) is 64.3. The molecule has 0 saturated carbocycles. The molecule has 0 fully saturated rings. The van der Waals surface area contributed by atoms with Crippen molar-refractivity contribution in [2.75, 3.05) is 39.6 Å². The highest BCUT2D eigenvalue weighted by Crippen LogP contribution is 2.45. The molecule has 98 heavy (non-hydrogen) atoms. The van der Waals surface area contributed by atoms with Crippen molar-refractivity contribution in [3.63, 3.8) is 0 Å². The predicted molar refractivity (Wildman–Crippen MR) is 400 cm³/mol. The molecule has 0 aromatic rings. The largest absolute Gasteiger partial charge is 0.472 e. The molecule has 0 saturated heterocycles. The maximum Gasteiger partial charge on any atom is 0.472 e. The quantitative estimate of drug-likeness (QED) is 0.0169. The van der Waals surface area contributed by atoms with Crippen molar-refractivity contribution < 1.29 is 80.2 Å². The van der Waals surface area contributed by atoms with Crippen molar-refractivity contribution in [2.24, 2.45) is 0 Å². The summed E-state index contributed by atoms with van der Waals surface area (Å²) in [6.07, 6.45) is 70.5. The first-order valence-corrected chi connectivity index (χ1v) is 42.5. The van der Waals surface area contributed by atoms with Crippen molar-refractivity contribution in [3.8, 4) is 0 Å². The lowest BCUT2D eigenvalue weighted by molar-refractivity contribution is -0.161. The Morgan fingerprint density at radius 1 is 0.286 bits per heavy atom. The highest BCUT2D eigenvalue weighted by molar-refractivity contribution is 7.47. The topological polar surface area (TPSA) is 237 Å². The molecule has 0 aliphatic rings. The smallest absolute Gasteiger partial charge is 0.462 e. The Labute approximate surface area is 597 Å². The summed E-state index contributed by atoms with van der Waals surface area (Å²) in [7, 11) is -9.94. The lowest BCUT2D eigenvalue weighted by Gasteiger charge is -2.21. The molecule has 17 nitrogen and oxygen atoms in total. The first-order chi connectivity index (χ1) is 47.7. The van der Waals surface area contributed by atoms with Gasteiger partial charge < -0.3 is 33.8 Å². The normalized spacial score (nSPS) is 14.2. The number of ether oxygens (including phenoxy) is 4. The maximum absolute atomic E-state index is 13.1. The van der Waals surface area contributed by atoms with Gasteiger partial charge in [-0.2, -0.15) is 0 Å². The number of aliphatic hydroxyl groups excluding tert-OH is 1. The van der Waals surface area contributed by atoms with Crippen molar-refractivity contribution in [1.82, 2.24) is 0 Å². The molecule has 0 spiro atoms. The first kappa shape index (κ1) is 94.8. The second-order valence-corrected chi connectivity index (χ2v) is 29.6. The van der Waals surface area contributed by atoms with Gasteiger partial charge >= 0.3 is 39.5 Å². The summed E-state index contributed by atoms with van der Waals surface area (Å²) in [5.41, 5.74) is 0. The number of carbonyl (C=O) groups is 4. The molecule has 0 aromatic carbocycles. The maximum atomic E-state index is 13.1. The highest BCUT2D eigenvalue weighted by Gasteiger charge is 2.30. The van der Waals surface area contributed by atoms with E-state index in [0.29, 0.717) is 25.7 Å². The van der Waals surface area contributed by atoms with Gasteiger partial charge in [-0.05, 0) is 116 Å². The Morgan fingerprint density at radius 2 is 0.500 bits per heavy atom. The third-order valence-electron chi connectivity index (χ3n) is 17.0. The Bertz CT molecular complexity index is 2100. The number of allylic oxidation sites excluding steroid dienone is 10. The van der Waals surface area contributed by atoms with E-state index in [1.807, 2.05) is 0 Å². The molecule has 0 rings (SSSR count). The molecule has 0 radical (unpaired) electrons. The Morgan fingerprint density at radius 3 is 0.796 bits per heavy atom. The molecule has 0 aromatic heterocycles. The SMILES string of the molecule is CCCCCC=CCC=CCCCCCCCC(=O)OC[C@H](COP(=O)(O)OCC(O)COP(=O)(O)OC[C@@H](COC(=O)CCCCCCCCCC=CCCCCCC)OC(=O)CCCCCCCCCCCCCCC)OC(=O)CCCCCCCC=CCC=CCCCCC. The first-order valence-electron chi connectivity index (χ1n) is 39.5. The number of rotatable bonds is 75. The minimum atomic E-state index is -4.97. The summed E-state index contributed by atoms with van der Waals surface area (Å²) in [5, 5.41) is 10.6. The van der Waals surface area contributed by atoms with Gasteiger partial charge in [-0.3, -0.25) is 37.3 Å². The number of esters is 4. The van der Waals surface area contributed by atoms with Gasteiger partial charge in [-0.15, -0.1) is 0 Å². The molecule has 0 aliphatic heterocycles. The van der Waals surface area contributed by atoms with E-state index in [4.69, 9.17) is 37.0 Å². The second kappa shape index (κ2) is 72.1. The van der Waals surface area contributed by atoms with Crippen LogP contribution in [0, 0.1) is 0 Å². The van der Waals surface area contributed by atoms with Gasteiger partial charge in [0.15, 0.2) is 12.2 Å². The van der Waals surface area contributed by atoms with Crippen LogP contribution in [0.1, 0.15) is 362 Å². The minimum absolute atomic E-state index is 0.0794. The van der Waals surface area contributed by atoms with Crippen molar-refractivity contribution in [3.05, 3.63) is 60.8 Å². The Hall–Kier alpha value is -3.24. The number of hydrogen-bond donors (Lipinski definition) is 3. The van der Waals surface area contributed by atoms with Gasteiger partial charge in [-0.25, -0.2) is 9.13 Å². The van der Waals surface area contributed by atoms with Gasteiger partial charge in [0.2, 0.25) is 0 Å². The van der Waals surface area contributed by atoms with E-state index >= 15 is 0 Å². The third kappa shape index (κ3) is 71.2. The molecule has 5 atom stereocenters. The second-order valence-electron chi connectivity index (χ2n) is 26.7. The van der Waals surface area contributed by atoms with Crippen LogP contribution >= 0.6 is 15.6 Å². The van der Waals surface area contributed by atoms with E-state index < -0.39 is 97.5 Å². The van der Waals surface area contributed by atoms with E-state index in [1.165, 1.54) is 128 Å². The van der Waals surface area contributed by atoms with Crippen LogP contribution in [0.25, 0.3) is 0 Å². The summed E-state index contributed by atoms with van der Waals surface area (Å²) in [5.74, 6) is -2.18.